The number of nitrogens with two attached hydrogens (primary N) is 1. The lowest BCUT2D eigenvalue weighted by Gasteiger charge is -2.68. The van der Waals surface area contributed by atoms with Gasteiger partial charge in [-0.1, -0.05) is 45.8 Å². The summed E-state index contributed by atoms with van der Waals surface area (Å²) in [4.78, 5) is 26.9. The summed E-state index contributed by atoms with van der Waals surface area (Å²) >= 11 is 0. The summed E-state index contributed by atoms with van der Waals surface area (Å²) in [6, 6.07) is 0. The van der Waals surface area contributed by atoms with E-state index in [1.807, 2.05) is 0 Å². The van der Waals surface area contributed by atoms with Crippen LogP contribution in [0, 0.1) is 39.9 Å². The fourth-order valence-corrected chi connectivity index (χ4v) is 11.6. The number of fused-ring (bicyclic) bond motifs is 5. The Balaban J connectivity index is 1.45. The average molecular weight is 713 g/mol. The first-order valence-electron chi connectivity index (χ1n) is 20.9. The van der Waals surface area contributed by atoms with Crippen LogP contribution in [0.15, 0.2) is 22.8 Å². The Labute approximate surface area is 311 Å². The zero-order valence-electron chi connectivity index (χ0n) is 33.6. The lowest BCUT2D eigenvalue weighted by Crippen LogP contribution is -2.61. The minimum Gasteiger partial charge on any atom is -0.458 e. The summed E-state index contributed by atoms with van der Waals surface area (Å²) in [6.45, 7) is 21.0. The SMILES string of the molecule is CC(=O)O[C@H]1C[C@@]2(C)C(CCC3[C@@]4(C)CC[C@@H](O)[C@@H](C)C4CC[C@@]32C)C1=C(CCC=C(C)C)C(=O)NCCCNCCCCNCCCCCN. The highest BCUT2D eigenvalue weighted by molar-refractivity contribution is 5.94. The Hall–Kier alpha value is -1.74. The molecule has 8 heteroatoms. The number of hydrogen-bond donors (Lipinski definition) is 5. The van der Waals surface area contributed by atoms with Gasteiger partial charge in [0.25, 0.3) is 0 Å². The van der Waals surface area contributed by atoms with E-state index in [0.29, 0.717) is 30.7 Å². The number of aliphatic hydroxyl groups excluding tert-OH is 1. The second-order valence-corrected chi connectivity index (χ2v) is 17.9. The van der Waals surface area contributed by atoms with E-state index in [0.717, 1.165) is 121 Å². The van der Waals surface area contributed by atoms with Gasteiger partial charge in [-0.15, -0.1) is 0 Å². The quantitative estimate of drug-likeness (QED) is 0.0415. The van der Waals surface area contributed by atoms with Crippen molar-refractivity contribution in [3.05, 3.63) is 22.8 Å². The highest BCUT2D eigenvalue weighted by atomic mass is 16.5. The molecule has 4 fully saturated rings. The topological polar surface area (TPSA) is 126 Å². The standard InChI is InChI=1S/C43H76N4O4/c1-30(2)15-13-16-33(40(50)47-28-14-27-46-26-12-11-25-45-24-10-8-9-23-44)39-35-17-18-38-41(5)21-20-36(49)31(3)34(41)19-22-42(38,6)43(35,7)29-37(39)51-32(4)48/h15,31,34-38,45-46,49H,8-14,16-29,44H2,1-7H3,(H,47,50)/t31-,34?,35?,36+,37-,38?,41-,42-,43-/m0/s1. The number of carbonyl (C=O) groups excluding carboxylic acids is 2. The molecule has 0 heterocycles. The van der Waals surface area contributed by atoms with E-state index in [4.69, 9.17) is 10.5 Å². The van der Waals surface area contributed by atoms with Crippen molar-refractivity contribution in [1.29, 1.82) is 0 Å². The van der Waals surface area contributed by atoms with E-state index in [-0.39, 0.29) is 46.2 Å². The van der Waals surface area contributed by atoms with E-state index in [1.54, 1.807) is 0 Å². The van der Waals surface area contributed by atoms with Gasteiger partial charge in [-0.3, -0.25) is 9.59 Å². The molecule has 4 rings (SSSR count). The molecule has 8 nitrogen and oxygen atoms in total. The Bertz CT molecular complexity index is 1210. The van der Waals surface area contributed by atoms with E-state index < -0.39 is 0 Å². The van der Waals surface area contributed by atoms with E-state index in [9.17, 15) is 14.7 Å². The van der Waals surface area contributed by atoms with Crippen molar-refractivity contribution in [3.63, 3.8) is 0 Å². The van der Waals surface area contributed by atoms with Gasteiger partial charge in [-0.2, -0.15) is 0 Å². The van der Waals surface area contributed by atoms with Crippen molar-refractivity contribution in [2.75, 3.05) is 39.3 Å². The van der Waals surface area contributed by atoms with Crippen LogP contribution < -0.4 is 21.7 Å². The molecular formula is C43H76N4O4. The Morgan fingerprint density at radius 2 is 1.53 bits per heavy atom. The molecule has 0 aromatic carbocycles. The lowest BCUT2D eigenvalue weighted by molar-refractivity contribution is -0.198. The van der Waals surface area contributed by atoms with Gasteiger partial charge < -0.3 is 31.5 Å². The maximum atomic E-state index is 14.2. The second kappa shape index (κ2) is 19.0. The van der Waals surface area contributed by atoms with Crippen molar-refractivity contribution >= 4 is 11.9 Å². The second-order valence-electron chi connectivity index (χ2n) is 17.9. The van der Waals surface area contributed by atoms with Gasteiger partial charge >= 0.3 is 5.97 Å². The minimum atomic E-state index is -0.361. The molecule has 9 atom stereocenters. The van der Waals surface area contributed by atoms with Gasteiger partial charge in [0.15, 0.2) is 0 Å². The van der Waals surface area contributed by atoms with Crippen LogP contribution in [0.25, 0.3) is 0 Å². The summed E-state index contributed by atoms with van der Waals surface area (Å²) in [7, 11) is 0. The number of esters is 1. The van der Waals surface area contributed by atoms with Crippen molar-refractivity contribution in [2.24, 2.45) is 45.7 Å². The molecule has 0 spiro atoms. The number of nitrogens with one attached hydrogen (secondary N) is 3. The van der Waals surface area contributed by atoms with Crippen LogP contribution in [0.5, 0.6) is 0 Å². The highest BCUT2D eigenvalue weighted by Gasteiger charge is 2.68. The van der Waals surface area contributed by atoms with Crippen LogP contribution in [-0.4, -0.2) is 68.5 Å². The number of rotatable bonds is 19. The Morgan fingerprint density at radius 1 is 0.863 bits per heavy atom. The molecule has 3 unspecified atom stereocenters. The molecule has 0 aromatic heterocycles. The summed E-state index contributed by atoms with van der Waals surface area (Å²) < 4.78 is 6.21. The van der Waals surface area contributed by atoms with E-state index >= 15 is 0 Å². The van der Waals surface area contributed by atoms with Crippen molar-refractivity contribution in [3.8, 4) is 0 Å². The number of unbranched alkanes of at least 4 members (excludes halogenated alkanes) is 3. The number of aliphatic hydroxyl groups is 1. The summed E-state index contributed by atoms with van der Waals surface area (Å²) in [5.74, 6) is 1.39. The molecule has 0 aliphatic heterocycles. The maximum Gasteiger partial charge on any atom is 0.303 e. The molecule has 6 N–H and O–H groups in total. The average Bonchev–Trinajstić information content (AvgIpc) is 3.36. The third kappa shape index (κ3) is 9.69. The monoisotopic (exact) mass is 713 g/mol. The summed E-state index contributed by atoms with van der Waals surface area (Å²) in [6.07, 6.45) is 17.0. The van der Waals surface area contributed by atoms with Gasteiger partial charge in [-0.25, -0.2) is 0 Å². The van der Waals surface area contributed by atoms with Crippen LogP contribution in [-0.2, 0) is 14.3 Å². The summed E-state index contributed by atoms with van der Waals surface area (Å²) in [5, 5.41) is 21.2. The van der Waals surface area contributed by atoms with Crippen LogP contribution >= 0.6 is 0 Å². The van der Waals surface area contributed by atoms with Gasteiger partial charge in [0.2, 0.25) is 5.91 Å². The van der Waals surface area contributed by atoms with Crippen molar-refractivity contribution < 1.29 is 19.4 Å². The molecular weight excluding hydrogens is 636 g/mol. The van der Waals surface area contributed by atoms with Crippen molar-refractivity contribution in [1.82, 2.24) is 16.0 Å². The fraction of sp³-hybridized carbons (Fsp3) is 0.860. The van der Waals surface area contributed by atoms with Gasteiger partial charge in [0.1, 0.15) is 6.10 Å². The normalized spacial score (nSPS) is 35.3. The molecule has 4 aliphatic carbocycles. The number of hydrogen-bond acceptors (Lipinski definition) is 7. The predicted octanol–water partition coefficient (Wildman–Crippen LogP) is 7.21. The smallest absolute Gasteiger partial charge is 0.303 e. The largest absolute Gasteiger partial charge is 0.458 e. The van der Waals surface area contributed by atoms with Crippen LogP contribution in [0.4, 0.5) is 0 Å². The van der Waals surface area contributed by atoms with E-state index in [2.05, 4.69) is 63.6 Å². The zero-order valence-corrected chi connectivity index (χ0v) is 33.6. The lowest BCUT2D eigenvalue weighted by atomic mass is 9.37. The first-order chi connectivity index (χ1) is 24.3. The molecule has 0 saturated heterocycles. The van der Waals surface area contributed by atoms with Gasteiger partial charge in [0.05, 0.1) is 6.10 Å². The van der Waals surface area contributed by atoms with E-state index in [1.165, 1.54) is 25.3 Å². The number of allylic oxidation sites excluding steroid dienone is 2. The summed E-state index contributed by atoms with van der Waals surface area (Å²) in [5.41, 5.74) is 8.97. The van der Waals surface area contributed by atoms with Crippen LogP contribution in [0.1, 0.15) is 145 Å². The number of carbonyl (C=O) groups is 2. The molecule has 0 aromatic rings. The fourth-order valence-electron chi connectivity index (χ4n) is 11.6. The Kier molecular flexibility index (Phi) is 15.7. The zero-order chi connectivity index (χ0) is 37.2. The maximum absolute atomic E-state index is 14.2. The highest BCUT2D eigenvalue weighted by Crippen LogP contribution is 2.74. The third-order valence-corrected chi connectivity index (χ3v) is 14.5. The van der Waals surface area contributed by atoms with Crippen molar-refractivity contribution in [2.45, 2.75) is 157 Å². The Morgan fingerprint density at radius 3 is 2.18 bits per heavy atom. The first kappa shape index (κ1) is 42.0. The van der Waals surface area contributed by atoms with Gasteiger partial charge in [0, 0.05) is 19.0 Å². The molecule has 1 amide bonds. The molecule has 292 valence electrons. The van der Waals surface area contributed by atoms with Crippen LogP contribution in [0.2, 0.25) is 0 Å². The number of amides is 1. The van der Waals surface area contributed by atoms with Gasteiger partial charge in [-0.05, 0) is 182 Å². The minimum absolute atomic E-state index is 0.0177. The molecule has 0 radical (unpaired) electrons. The predicted molar refractivity (Wildman–Crippen MR) is 209 cm³/mol. The third-order valence-electron chi connectivity index (χ3n) is 14.5. The molecule has 4 saturated carbocycles. The number of ether oxygens (including phenoxy) is 1. The first-order valence-corrected chi connectivity index (χ1v) is 20.9. The molecule has 4 aliphatic rings. The van der Waals surface area contributed by atoms with Crippen LogP contribution in [0.3, 0.4) is 0 Å². The molecule has 0 bridgehead atoms. The molecule has 51 heavy (non-hydrogen) atoms.